The van der Waals surface area contributed by atoms with Gasteiger partial charge in [0.15, 0.2) is 11.6 Å². The maximum Gasteiger partial charge on any atom is 0.167 e. The Bertz CT molecular complexity index is 1070. The van der Waals surface area contributed by atoms with Gasteiger partial charge in [0.25, 0.3) is 0 Å². The van der Waals surface area contributed by atoms with Crippen LogP contribution in [-0.2, 0) is 11.2 Å². The fourth-order valence-corrected chi connectivity index (χ4v) is 7.04. The van der Waals surface area contributed by atoms with E-state index < -0.39 is 11.6 Å². The molecule has 0 N–H and O–H groups in total. The van der Waals surface area contributed by atoms with Gasteiger partial charge in [-0.3, -0.25) is 0 Å². The Labute approximate surface area is 220 Å². The molecule has 200 valence electrons. The number of ether oxygens (including phenoxy) is 1. The van der Waals surface area contributed by atoms with E-state index in [2.05, 4.69) is 12.7 Å². The minimum Gasteiger partial charge on any atom is -0.368 e. The molecule has 0 aromatic heterocycles. The van der Waals surface area contributed by atoms with Gasteiger partial charge in [0, 0.05) is 11.1 Å². The Kier molecular flexibility index (Phi) is 8.43. The minimum atomic E-state index is -0.932. The van der Waals surface area contributed by atoms with Crippen molar-refractivity contribution < 1.29 is 17.9 Å². The van der Waals surface area contributed by atoms with E-state index in [1.807, 2.05) is 6.92 Å². The first-order valence-electron chi connectivity index (χ1n) is 14.5. The third-order valence-electron chi connectivity index (χ3n) is 9.52. The number of halogens is 3. The highest BCUT2D eigenvalue weighted by molar-refractivity contribution is 5.66. The lowest BCUT2D eigenvalue weighted by atomic mass is 9.68. The van der Waals surface area contributed by atoms with Crippen LogP contribution >= 0.6 is 0 Å². The summed E-state index contributed by atoms with van der Waals surface area (Å²) in [6.07, 6.45) is 16.7. The number of epoxide rings is 1. The van der Waals surface area contributed by atoms with E-state index in [9.17, 15) is 8.78 Å². The van der Waals surface area contributed by atoms with Crippen LogP contribution in [-0.4, -0.2) is 6.61 Å². The summed E-state index contributed by atoms with van der Waals surface area (Å²) >= 11 is 0. The van der Waals surface area contributed by atoms with Crippen LogP contribution in [0.3, 0.4) is 0 Å². The number of hydrogen-bond donors (Lipinski definition) is 0. The molecular formula is C33H41F3O. The van der Waals surface area contributed by atoms with Crippen LogP contribution < -0.4 is 0 Å². The molecular weight excluding hydrogens is 469 g/mol. The van der Waals surface area contributed by atoms with E-state index in [4.69, 9.17) is 4.74 Å². The third kappa shape index (κ3) is 6.16. The summed E-state index contributed by atoms with van der Waals surface area (Å²) in [6, 6.07) is 6.22. The Hall–Kier alpha value is -2.07. The molecule has 1 heterocycles. The molecule has 1 nitrogen and oxygen atoms in total. The zero-order valence-corrected chi connectivity index (χ0v) is 22.2. The van der Waals surface area contributed by atoms with Gasteiger partial charge in [0.2, 0.25) is 0 Å². The van der Waals surface area contributed by atoms with Gasteiger partial charge in [-0.15, -0.1) is 6.58 Å². The van der Waals surface area contributed by atoms with E-state index >= 15 is 4.39 Å². The van der Waals surface area contributed by atoms with Gasteiger partial charge in [0.1, 0.15) is 11.9 Å². The van der Waals surface area contributed by atoms with E-state index in [-0.39, 0.29) is 23.0 Å². The topological polar surface area (TPSA) is 12.5 Å². The van der Waals surface area contributed by atoms with Crippen molar-refractivity contribution in [1.82, 2.24) is 0 Å². The predicted octanol–water partition coefficient (Wildman–Crippen LogP) is 9.66. The van der Waals surface area contributed by atoms with Crippen molar-refractivity contribution in [2.75, 3.05) is 6.61 Å². The second-order valence-corrected chi connectivity index (χ2v) is 11.8. The lowest BCUT2D eigenvalue weighted by Gasteiger charge is -2.37. The van der Waals surface area contributed by atoms with Crippen molar-refractivity contribution in [3.05, 3.63) is 71.1 Å². The molecule has 2 aromatic rings. The van der Waals surface area contributed by atoms with E-state index in [1.165, 1.54) is 69.9 Å². The largest absolute Gasteiger partial charge is 0.368 e. The molecule has 3 aliphatic rings. The van der Waals surface area contributed by atoms with Gasteiger partial charge in [-0.25, -0.2) is 13.2 Å². The second kappa shape index (κ2) is 11.8. The first-order chi connectivity index (χ1) is 17.9. The lowest BCUT2D eigenvalue weighted by Crippen LogP contribution is -2.25. The quantitative estimate of drug-likeness (QED) is 0.186. The van der Waals surface area contributed by atoms with Gasteiger partial charge < -0.3 is 4.74 Å². The van der Waals surface area contributed by atoms with Crippen molar-refractivity contribution >= 4 is 0 Å². The SMILES string of the molecule is C=CC1CCC(C2CCC(CCCCc3c(C)cc(-c4ccc(C5CO5)c(F)c4F)cc3F)CC2)CC1. The second-order valence-electron chi connectivity index (χ2n) is 11.8. The molecule has 0 radical (unpaired) electrons. The van der Waals surface area contributed by atoms with Gasteiger partial charge >= 0.3 is 0 Å². The summed E-state index contributed by atoms with van der Waals surface area (Å²) < 4.78 is 49.3. The Morgan fingerprint density at radius 2 is 1.57 bits per heavy atom. The molecule has 2 saturated carbocycles. The zero-order chi connectivity index (χ0) is 25.9. The van der Waals surface area contributed by atoms with Crippen LogP contribution in [0.2, 0.25) is 0 Å². The summed E-state index contributed by atoms with van der Waals surface area (Å²) in [5.41, 5.74) is 2.22. The molecule has 4 heteroatoms. The molecule has 5 rings (SSSR count). The maximum atomic E-state index is 15.1. The molecule has 3 fully saturated rings. The first kappa shape index (κ1) is 26.5. The molecule has 1 saturated heterocycles. The smallest absolute Gasteiger partial charge is 0.167 e. The van der Waals surface area contributed by atoms with Crippen LogP contribution in [0.15, 0.2) is 36.9 Å². The zero-order valence-electron chi connectivity index (χ0n) is 22.2. The van der Waals surface area contributed by atoms with Crippen LogP contribution in [0.4, 0.5) is 13.2 Å². The van der Waals surface area contributed by atoms with E-state index in [0.717, 1.165) is 42.1 Å². The van der Waals surface area contributed by atoms with E-state index in [0.29, 0.717) is 24.2 Å². The molecule has 1 aliphatic heterocycles. The Balaban J connectivity index is 1.09. The summed E-state index contributed by atoms with van der Waals surface area (Å²) in [7, 11) is 0. The van der Waals surface area contributed by atoms with E-state index in [1.54, 1.807) is 12.1 Å². The van der Waals surface area contributed by atoms with Crippen LogP contribution in [0.5, 0.6) is 0 Å². The first-order valence-corrected chi connectivity index (χ1v) is 14.5. The minimum absolute atomic E-state index is 0.0970. The number of rotatable bonds is 9. The highest BCUT2D eigenvalue weighted by atomic mass is 19.2. The summed E-state index contributed by atoms with van der Waals surface area (Å²) in [5.74, 6) is 1.27. The van der Waals surface area contributed by atoms with Gasteiger partial charge in [-0.2, -0.15) is 0 Å². The van der Waals surface area contributed by atoms with Crippen molar-refractivity contribution in [2.45, 2.75) is 90.1 Å². The predicted molar refractivity (Wildman–Crippen MR) is 144 cm³/mol. The molecule has 2 aliphatic carbocycles. The number of benzene rings is 2. The molecule has 0 amide bonds. The monoisotopic (exact) mass is 510 g/mol. The fourth-order valence-electron chi connectivity index (χ4n) is 7.04. The normalized spacial score (nSPS) is 27.7. The number of hydrogen-bond acceptors (Lipinski definition) is 1. The van der Waals surface area contributed by atoms with Gasteiger partial charge in [-0.05, 0) is 105 Å². The summed E-state index contributed by atoms with van der Waals surface area (Å²) in [5, 5.41) is 0. The molecule has 1 atom stereocenters. The van der Waals surface area contributed by atoms with Crippen LogP contribution in [0.1, 0.15) is 93.4 Å². The van der Waals surface area contributed by atoms with Crippen molar-refractivity contribution in [3.63, 3.8) is 0 Å². The molecule has 0 spiro atoms. The summed E-state index contributed by atoms with van der Waals surface area (Å²) in [6.45, 7) is 6.26. The number of unbranched alkanes of at least 4 members (excludes halogenated alkanes) is 1. The van der Waals surface area contributed by atoms with Crippen LogP contribution in [0.25, 0.3) is 11.1 Å². The highest BCUT2D eigenvalue weighted by Gasteiger charge is 2.31. The average molecular weight is 511 g/mol. The van der Waals surface area contributed by atoms with Crippen molar-refractivity contribution in [1.29, 1.82) is 0 Å². The van der Waals surface area contributed by atoms with Crippen molar-refractivity contribution in [2.24, 2.45) is 23.7 Å². The Morgan fingerprint density at radius 1 is 0.892 bits per heavy atom. The van der Waals surface area contributed by atoms with Gasteiger partial charge in [0.05, 0.1) is 6.61 Å². The Morgan fingerprint density at radius 3 is 2.19 bits per heavy atom. The average Bonchev–Trinajstić information content (AvgIpc) is 3.75. The molecule has 0 bridgehead atoms. The number of allylic oxidation sites excluding steroid dienone is 1. The highest BCUT2D eigenvalue weighted by Crippen LogP contribution is 2.42. The fraction of sp³-hybridized carbons (Fsp3) is 0.576. The molecule has 2 aromatic carbocycles. The maximum absolute atomic E-state index is 15.1. The van der Waals surface area contributed by atoms with Crippen LogP contribution in [0, 0.1) is 48.0 Å². The number of aryl methyl sites for hydroxylation is 1. The standard InChI is InChI=1S/C33H41F3O/c1-3-22-8-12-24(13-9-22)25-14-10-23(11-15-25)6-4-5-7-27-21(2)18-26(19-30(27)34)28-16-17-29(31-20-37-31)33(36)32(28)35/h3,16-19,22-25,31H,1,4-15,20H2,2H3. The summed E-state index contributed by atoms with van der Waals surface area (Å²) in [4.78, 5) is 0. The third-order valence-corrected chi connectivity index (χ3v) is 9.52. The van der Waals surface area contributed by atoms with Gasteiger partial charge in [-0.1, -0.05) is 50.0 Å². The molecule has 37 heavy (non-hydrogen) atoms. The molecule has 1 unspecified atom stereocenters. The lowest BCUT2D eigenvalue weighted by molar-refractivity contribution is 0.151. The van der Waals surface area contributed by atoms with Crippen molar-refractivity contribution in [3.8, 4) is 11.1 Å².